The molecule has 0 aliphatic carbocycles. The van der Waals surface area contributed by atoms with Crippen molar-refractivity contribution in [2.24, 2.45) is 0 Å². The standard InChI is InChI=1S/C13H8ClIN2O3/c14-11-6-2-5-10(12(11)17(19)20)13(18)16-9-4-1-3-8(15)7-9/h1-7H,(H,16,18). The molecule has 7 heteroatoms. The van der Waals surface area contributed by atoms with Gasteiger partial charge in [0.2, 0.25) is 0 Å². The predicted octanol–water partition coefficient (Wildman–Crippen LogP) is 4.11. The fourth-order valence-corrected chi connectivity index (χ4v) is 2.44. The molecule has 1 amide bonds. The van der Waals surface area contributed by atoms with Gasteiger partial charge in [-0.25, -0.2) is 0 Å². The molecule has 1 N–H and O–H groups in total. The van der Waals surface area contributed by atoms with Crippen LogP contribution in [0.5, 0.6) is 0 Å². The Morgan fingerprint density at radius 2 is 1.95 bits per heavy atom. The monoisotopic (exact) mass is 402 g/mol. The average molecular weight is 403 g/mol. The molecule has 0 aliphatic heterocycles. The van der Waals surface area contributed by atoms with E-state index in [1.165, 1.54) is 18.2 Å². The lowest BCUT2D eigenvalue weighted by Gasteiger charge is -2.07. The third kappa shape index (κ3) is 3.26. The highest BCUT2D eigenvalue weighted by atomic mass is 127. The van der Waals surface area contributed by atoms with Crippen molar-refractivity contribution >= 4 is 51.5 Å². The van der Waals surface area contributed by atoms with Gasteiger partial charge in [-0.1, -0.05) is 23.7 Å². The van der Waals surface area contributed by atoms with E-state index >= 15 is 0 Å². The number of anilines is 1. The Labute approximate surface area is 133 Å². The number of rotatable bonds is 3. The van der Waals surface area contributed by atoms with Crippen LogP contribution < -0.4 is 5.32 Å². The molecule has 0 atom stereocenters. The summed E-state index contributed by atoms with van der Waals surface area (Å²) in [6, 6.07) is 11.4. The van der Waals surface area contributed by atoms with Crippen LogP contribution in [0, 0.1) is 13.7 Å². The zero-order valence-corrected chi connectivity index (χ0v) is 12.9. The molecule has 0 aliphatic rings. The lowest BCUT2D eigenvalue weighted by atomic mass is 10.1. The topological polar surface area (TPSA) is 72.2 Å². The summed E-state index contributed by atoms with van der Waals surface area (Å²) >= 11 is 7.88. The lowest BCUT2D eigenvalue weighted by Crippen LogP contribution is -2.14. The third-order valence-electron chi connectivity index (χ3n) is 2.50. The average Bonchev–Trinajstić information content (AvgIpc) is 2.37. The number of hydrogen-bond acceptors (Lipinski definition) is 3. The molecule has 0 aromatic heterocycles. The third-order valence-corrected chi connectivity index (χ3v) is 3.47. The SMILES string of the molecule is O=C(Nc1cccc(I)c1)c1cccc(Cl)c1[N+](=O)[O-]. The molecule has 0 unspecified atom stereocenters. The van der Waals surface area contributed by atoms with Crippen LogP contribution in [0.4, 0.5) is 11.4 Å². The minimum absolute atomic E-state index is 0.0645. The molecule has 0 bridgehead atoms. The second-order valence-corrected chi connectivity index (χ2v) is 5.51. The molecule has 2 aromatic carbocycles. The molecule has 0 spiro atoms. The van der Waals surface area contributed by atoms with E-state index in [0.29, 0.717) is 5.69 Å². The second kappa shape index (κ2) is 6.19. The molecule has 0 fully saturated rings. The number of para-hydroxylation sites is 1. The van der Waals surface area contributed by atoms with E-state index in [0.717, 1.165) is 3.57 Å². The molecular weight excluding hydrogens is 395 g/mol. The molecule has 0 saturated carbocycles. The first-order chi connectivity index (χ1) is 9.49. The number of hydrogen-bond donors (Lipinski definition) is 1. The normalized spacial score (nSPS) is 10.1. The predicted molar refractivity (Wildman–Crippen MR) is 85.2 cm³/mol. The van der Waals surface area contributed by atoms with Crippen molar-refractivity contribution < 1.29 is 9.72 Å². The Kier molecular flexibility index (Phi) is 4.56. The number of amides is 1. The van der Waals surface area contributed by atoms with Gasteiger partial charge in [0.25, 0.3) is 5.91 Å². The summed E-state index contributed by atoms with van der Waals surface area (Å²) in [5.41, 5.74) is 0.106. The Hall–Kier alpha value is -1.67. The number of halogens is 2. The summed E-state index contributed by atoms with van der Waals surface area (Å²) in [6.07, 6.45) is 0. The molecule has 2 aromatic rings. The summed E-state index contributed by atoms with van der Waals surface area (Å²) in [4.78, 5) is 22.5. The first-order valence-corrected chi connectivity index (χ1v) is 6.94. The fourth-order valence-electron chi connectivity index (χ4n) is 1.65. The van der Waals surface area contributed by atoms with E-state index in [1.54, 1.807) is 18.2 Å². The van der Waals surface area contributed by atoms with Gasteiger partial charge in [0.15, 0.2) is 0 Å². The first kappa shape index (κ1) is 14.7. The van der Waals surface area contributed by atoms with Crippen molar-refractivity contribution in [3.05, 3.63) is 66.7 Å². The van der Waals surface area contributed by atoms with Crippen LogP contribution >= 0.6 is 34.2 Å². The summed E-state index contributed by atoms with van der Waals surface area (Å²) in [5.74, 6) is -0.568. The molecule has 0 heterocycles. The maximum atomic E-state index is 12.1. The molecule has 0 radical (unpaired) electrons. The van der Waals surface area contributed by atoms with Gasteiger partial charge in [0.05, 0.1) is 4.92 Å². The van der Waals surface area contributed by atoms with Crippen LogP contribution in [0.2, 0.25) is 5.02 Å². The van der Waals surface area contributed by atoms with Crippen molar-refractivity contribution in [2.45, 2.75) is 0 Å². The fraction of sp³-hybridized carbons (Fsp3) is 0. The summed E-state index contributed by atoms with van der Waals surface area (Å²) in [5, 5.41) is 13.5. The smallest absolute Gasteiger partial charge is 0.300 e. The van der Waals surface area contributed by atoms with Gasteiger partial charge in [-0.15, -0.1) is 0 Å². The molecule has 5 nitrogen and oxygen atoms in total. The van der Waals surface area contributed by atoms with Gasteiger partial charge in [-0.05, 0) is 52.9 Å². The molecular formula is C13H8ClIN2O3. The van der Waals surface area contributed by atoms with E-state index in [-0.39, 0.29) is 10.6 Å². The van der Waals surface area contributed by atoms with Crippen molar-refractivity contribution in [1.82, 2.24) is 0 Å². The number of nitro benzene ring substituents is 1. The Morgan fingerprint density at radius 3 is 2.60 bits per heavy atom. The minimum Gasteiger partial charge on any atom is -0.322 e. The van der Waals surface area contributed by atoms with Crippen molar-refractivity contribution in [2.75, 3.05) is 5.32 Å². The summed E-state index contributed by atoms with van der Waals surface area (Å²) < 4.78 is 0.945. The first-order valence-electron chi connectivity index (χ1n) is 5.49. The lowest BCUT2D eigenvalue weighted by molar-refractivity contribution is -0.385. The number of nitro groups is 1. The number of nitrogens with one attached hydrogen (secondary N) is 1. The maximum Gasteiger partial charge on any atom is 0.300 e. The van der Waals surface area contributed by atoms with Crippen LogP contribution in [0.3, 0.4) is 0 Å². The Bertz CT molecular complexity index is 691. The van der Waals surface area contributed by atoms with Gasteiger partial charge >= 0.3 is 5.69 Å². The minimum atomic E-state index is -0.661. The second-order valence-electron chi connectivity index (χ2n) is 3.86. The number of benzene rings is 2. The molecule has 20 heavy (non-hydrogen) atoms. The van der Waals surface area contributed by atoms with Gasteiger partial charge in [-0.2, -0.15) is 0 Å². The maximum absolute atomic E-state index is 12.1. The van der Waals surface area contributed by atoms with E-state index in [1.807, 2.05) is 6.07 Å². The molecule has 2 rings (SSSR count). The quantitative estimate of drug-likeness (QED) is 0.477. The van der Waals surface area contributed by atoms with Gasteiger partial charge < -0.3 is 5.32 Å². The van der Waals surface area contributed by atoms with Crippen LogP contribution in [0.25, 0.3) is 0 Å². The highest BCUT2D eigenvalue weighted by Crippen LogP contribution is 2.28. The van der Waals surface area contributed by atoms with Gasteiger partial charge in [0, 0.05) is 9.26 Å². The summed E-state index contributed by atoms with van der Waals surface area (Å²) in [7, 11) is 0. The van der Waals surface area contributed by atoms with E-state index < -0.39 is 16.5 Å². The number of carbonyl (C=O) groups is 1. The van der Waals surface area contributed by atoms with Crippen LogP contribution in [-0.4, -0.2) is 10.8 Å². The zero-order valence-electron chi connectivity index (χ0n) is 9.97. The van der Waals surface area contributed by atoms with Crippen LogP contribution in [-0.2, 0) is 0 Å². The number of carbonyl (C=O) groups excluding carboxylic acids is 1. The molecule has 102 valence electrons. The Balaban J connectivity index is 2.35. The van der Waals surface area contributed by atoms with Gasteiger partial charge in [0.1, 0.15) is 10.6 Å². The highest BCUT2D eigenvalue weighted by Gasteiger charge is 2.23. The van der Waals surface area contributed by atoms with Crippen LogP contribution in [0.15, 0.2) is 42.5 Å². The van der Waals surface area contributed by atoms with E-state index in [2.05, 4.69) is 27.9 Å². The molecule has 0 saturated heterocycles. The summed E-state index contributed by atoms with van der Waals surface area (Å²) in [6.45, 7) is 0. The highest BCUT2D eigenvalue weighted by molar-refractivity contribution is 14.1. The Morgan fingerprint density at radius 1 is 1.25 bits per heavy atom. The van der Waals surface area contributed by atoms with E-state index in [4.69, 9.17) is 11.6 Å². The van der Waals surface area contributed by atoms with Crippen molar-refractivity contribution in [1.29, 1.82) is 0 Å². The van der Waals surface area contributed by atoms with Crippen molar-refractivity contribution in [3.63, 3.8) is 0 Å². The van der Waals surface area contributed by atoms with E-state index in [9.17, 15) is 14.9 Å². The largest absolute Gasteiger partial charge is 0.322 e. The van der Waals surface area contributed by atoms with Crippen LogP contribution in [0.1, 0.15) is 10.4 Å². The van der Waals surface area contributed by atoms with Crippen molar-refractivity contribution in [3.8, 4) is 0 Å². The zero-order chi connectivity index (χ0) is 14.7. The van der Waals surface area contributed by atoms with Gasteiger partial charge in [-0.3, -0.25) is 14.9 Å². The number of nitrogens with zero attached hydrogens (tertiary/aromatic N) is 1.